The Morgan fingerprint density at radius 2 is 2.25 bits per heavy atom. The fraction of sp³-hybridized carbons (Fsp3) is 0.917. The first-order valence-electron chi connectivity index (χ1n) is 6.24. The largest absolute Gasteiger partial charge is 0.465 e. The Balaban J connectivity index is 2.48. The molecule has 0 bridgehead atoms. The molecule has 1 unspecified atom stereocenters. The number of carbonyl (C=O) groups is 1. The zero-order chi connectivity index (χ0) is 12.0. The molecule has 16 heavy (non-hydrogen) atoms. The van der Waals surface area contributed by atoms with Crippen molar-refractivity contribution >= 4 is 5.97 Å². The Kier molecular flexibility index (Phi) is 5.77. The topological polar surface area (TPSA) is 49.8 Å². The Morgan fingerprint density at radius 3 is 2.69 bits per heavy atom. The monoisotopic (exact) mass is 229 g/mol. The second-order valence-electron chi connectivity index (χ2n) is 4.33. The molecule has 1 N–H and O–H groups in total. The third-order valence-corrected chi connectivity index (χ3v) is 3.24. The van der Waals surface area contributed by atoms with E-state index in [1.54, 1.807) is 0 Å². The van der Waals surface area contributed by atoms with Gasteiger partial charge in [0.1, 0.15) is 6.04 Å². The molecule has 0 spiro atoms. The van der Waals surface area contributed by atoms with Gasteiger partial charge in [-0.3, -0.25) is 9.69 Å². The highest BCUT2D eigenvalue weighted by atomic mass is 16.5. The van der Waals surface area contributed by atoms with Crippen molar-refractivity contribution in [1.29, 1.82) is 0 Å². The molecule has 4 heteroatoms. The molecule has 0 aromatic carbocycles. The second kappa shape index (κ2) is 6.86. The van der Waals surface area contributed by atoms with Crippen LogP contribution in [0.25, 0.3) is 0 Å². The smallest absolute Gasteiger partial charge is 0.323 e. The van der Waals surface area contributed by atoms with E-state index in [-0.39, 0.29) is 18.6 Å². The maximum Gasteiger partial charge on any atom is 0.323 e. The van der Waals surface area contributed by atoms with Crippen LogP contribution < -0.4 is 0 Å². The standard InChI is InChI=1S/C12H23NO3/c1-3-16-12(15)10(2)13(8-5-9-14)11-6-4-7-11/h10-11,14H,3-9H2,1-2H3. The summed E-state index contributed by atoms with van der Waals surface area (Å²) in [7, 11) is 0. The van der Waals surface area contributed by atoms with E-state index in [0.29, 0.717) is 12.6 Å². The number of ether oxygens (including phenoxy) is 1. The van der Waals surface area contributed by atoms with Crippen LogP contribution in [0.15, 0.2) is 0 Å². The summed E-state index contributed by atoms with van der Waals surface area (Å²) in [5.74, 6) is -0.146. The van der Waals surface area contributed by atoms with Crippen LogP contribution in [0.3, 0.4) is 0 Å². The summed E-state index contributed by atoms with van der Waals surface area (Å²) in [4.78, 5) is 13.8. The maximum atomic E-state index is 11.7. The number of rotatable bonds is 7. The summed E-state index contributed by atoms with van der Waals surface area (Å²) in [5.41, 5.74) is 0. The Hall–Kier alpha value is -0.610. The molecule has 0 amide bonds. The molecule has 1 fully saturated rings. The number of nitrogens with zero attached hydrogens (tertiary/aromatic N) is 1. The van der Waals surface area contributed by atoms with Crippen molar-refractivity contribution in [2.75, 3.05) is 19.8 Å². The van der Waals surface area contributed by atoms with Crippen LogP contribution >= 0.6 is 0 Å². The van der Waals surface area contributed by atoms with Crippen molar-refractivity contribution < 1.29 is 14.6 Å². The molecule has 0 aromatic rings. The van der Waals surface area contributed by atoms with E-state index in [0.717, 1.165) is 25.8 Å². The summed E-state index contributed by atoms with van der Waals surface area (Å²) >= 11 is 0. The van der Waals surface area contributed by atoms with Crippen LogP contribution in [-0.4, -0.2) is 47.8 Å². The van der Waals surface area contributed by atoms with Crippen molar-refractivity contribution in [1.82, 2.24) is 4.90 Å². The first-order chi connectivity index (χ1) is 7.70. The Bertz CT molecular complexity index is 216. The fourth-order valence-electron chi connectivity index (χ4n) is 2.06. The molecule has 0 heterocycles. The van der Waals surface area contributed by atoms with Crippen molar-refractivity contribution in [3.63, 3.8) is 0 Å². The van der Waals surface area contributed by atoms with E-state index in [9.17, 15) is 4.79 Å². The van der Waals surface area contributed by atoms with Crippen LogP contribution in [0.2, 0.25) is 0 Å². The molecular formula is C12H23NO3. The average molecular weight is 229 g/mol. The molecule has 1 aliphatic rings. The summed E-state index contributed by atoms with van der Waals surface area (Å²) < 4.78 is 5.04. The zero-order valence-corrected chi connectivity index (χ0v) is 10.3. The van der Waals surface area contributed by atoms with Gasteiger partial charge in [0, 0.05) is 19.2 Å². The molecule has 1 aliphatic carbocycles. The highest BCUT2D eigenvalue weighted by molar-refractivity contribution is 5.75. The molecule has 0 aliphatic heterocycles. The Labute approximate surface area is 97.6 Å². The zero-order valence-electron chi connectivity index (χ0n) is 10.3. The maximum absolute atomic E-state index is 11.7. The van der Waals surface area contributed by atoms with Gasteiger partial charge in [0.15, 0.2) is 0 Å². The van der Waals surface area contributed by atoms with Gasteiger partial charge in [0.2, 0.25) is 0 Å². The molecule has 1 saturated carbocycles. The lowest BCUT2D eigenvalue weighted by atomic mass is 9.90. The molecule has 1 atom stereocenters. The minimum atomic E-state index is -0.184. The van der Waals surface area contributed by atoms with Crippen LogP contribution in [-0.2, 0) is 9.53 Å². The number of aliphatic hydroxyl groups excluding tert-OH is 1. The SMILES string of the molecule is CCOC(=O)C(C)N(CCCO)C1CCC1. The van der Waals surface area contributed by atoms with Gasteiger partial charge in [-0.15, -0.1) is 0 Å². The van der Waals surface area contributed by atoms with E-state index in [4.69, 9.17) is 9.84 Å². The number of carbonyl (C=O) groups excluding carboxylic acids is 1. The van der Waals surface area contributed by atoms with E-state index in [1.807, 2.05) is 13.8 Å². The minimum absolute atomic E-state index is 0.146. The fourth-order valence-corrected chi connectivity index (χ4v) is 2.06. The third-order valence-electron chi connectivity index (χ3n) is 3.24. The molecule has 0 saturated heterocycles. The van der Waals surface area contributed by atoms with Gasteiger partial charge in [-0.05, 0) is 33.1 Å². The van der Waals surface area contributed by atoms with Gasteiger partial charge in [-0.1, -0.05) is 6.42 Å². The van der Waals surface area contributed by atoms with Crippen molar-refractivity contribution in [3.8, 4) is 0 Å². The molecule has 0 radical (unpaired) electrons. The lowest BCUT2D eigenvalue weighted by Gasteiger charge is -2.40. The molecule has 4 nitrogen and oxygen atoms in total. The first kappa shape index (κ1) is 13.5. The van der Waals surface area contributed by atoms with E-state index in [1.165, 1.54) is 6.42 Å². The number of esters is 1. The summed E-state index contributed by atoms with van der Waals surface area (Å²) in [6.45, 7) is 5.11. The van der Waals surface area contributed by atoms with Gasteiger partial charge < -0.3 is 9.84 Å². The van der Waals surface area contributed by atoms with E-state index < -0.39 is 0 Å². The van der Waals surface area contributed by atoms with Crippen molar-refractivity contribution in [2.24, 2.45) is 0 Å². The lowest BCUT2D eigenvalue weighted by molar-refractivity contribution is -0.150. The first-order valence-corrected chi connectivity index (χ1v) is 6.24. The number of hydrogen-bond donors (Lipinski definition) is 1. The molecule has 94 valence electrons. The third kappa shape index (κ3) is 3.46. The highest BCUT2D eigenvalue weighted by Gasteiger charge is 2.31. The minimum Gasteiger partial charge on any atom is -0.465 e. The van der Waals surface area contributed by atoms with Gasteiger partial charge in [-0.2, -0.15) is 0 Å². The van der Waals surface area contributed by atoms with Gasteiger partial charge in [0.25, 0.3) is 0 Å². The van der Waals surface area contributed by atoms with Crippen LogP contribution in [0.4, 0.5) is 0 Å². The second-order valence-corrected chi connectivity index (χ2v) is 4.33. The predicted molar refractivity (Wildman–Crippen MR) is 62.1 cm³/mol. The van der Waals surface area contributed by atoms with Crippen LogP contribution in [0.1, 0.15) is 39.5 Å². The predicted octanol–water partition coefficient (Wildman–Crippen LogP) is 1.17. The molecule has 0 aromatic heterocycles. The number of aliphatic hydroxyl groups is 1. The van der Waals surface area contributed by atoms with Crippen molar-refractivity contribution in [3.05, 3.63) is 0 Å². The van der Waals surface area contributed by atoms with Gasteiger partial charge in [-0.25, -0.2) is 0 Å². The van der Waals surface area contributed by atoms with E-state index >= 15 is 0 Å². The Morgan fingerprint density at radius 1 is 1.56 bits per heavy atom. The quantitative estimate of drug-likeness (QED) is 0.666. The summed E-state index contributed by atoms with van der Waals surface area (Å²) in [5, 5.41) is 8.87. The molecular weight excluding hydrogens is 206 g/mol. The van der Waals surface area contributed by atoms with Crippen LogP contribution in [0, 0.1) is 0 Å². The average Bonchev–Trinajstić information content (AvgIpc) is 2.20. The lowest BCUT2D eigenvalue weighted by Crippen LogP contribution is -2.49. The van der Waals surface area contributed by atoms with Gasteiger partial charge in [0.05, 0.1) is 6.61 Å². The van der Waals surface area contributed by atoms with Crippen LogP contribution in [0.5, 0.6) is 0 Å². The number of hydrogen-bond acceptors (Lipinski definition) is 4. The summed E-state index contributed by atoms with van der Waals surface area (Å²) in [6.07, 6.45) is 4.29. The van der Waals surface area contributed by atoms with E-state index in [2.05, 4.69) is 4.90 Å². The van der Waals surface area contributed by atoms with Crippen molar-refractivity contribution in [2.45, 2.75) is 51.6 Å². The summed E-state index contributed by atoms with van der Waals surface area (Å²) in [6, 6.07) is 0.322. The van der Waals surface area contributed by atoms with Gasteiger partial charge >= 0.3 is 5.97 Å². The molecule has 1 rings (SSSR count). The normalized spacial score (nSPS) is 18.2. The highest BCUT2D eigenvalue weighted by Crippen LogP contribution is 2.26.